The maximum absolute atomic E-state index is 12.2. The van der Waals surface area contributed by atoms with Gasteiger partial charge in [0.05, 0.1) is 11.8 Å². The Morgan fingerprint density at radius 3 is 2.43 bits per heavy atom. The summed E-state index contributed by atoms with van der Waals surface area (Å²) in [7, 11) is 0. The van der Waals surface area contributed by atoms with E-state index in [1.807, 2.05) is 0 Å². The smallest absolute Gasteiger partial charge is 0.416 e. The second kappa shape index (κ2) is 3.57. The lowest BCUT2D eigenvalue weighted by atomic mass is 10.1. The second-order valence-electron chi connectivity index (χ2n) is 2.59. The maximum atomic E-state index is 12.2. The minimum absolute atomic E-state index is 0.0971. The van der Waals surface area contributed by atoms with Crippen LogP contribution < -0.4 is 5.84 Å². The van der Waals surface area contributed by atoms with Crippen molar-refractivity contribution in [3.8, 4) is 5.75 Å². The van der Waals surface area contributed by atoms with Crippen molar-refractivity contribution in [3.63, 3.8) is 0 Å². The number of aromatic hydroxyl groups is 1. The van der Waals surface area contributed by atoms with Gasteiger partial charge in [-0.05, 0) is 23.8 Å². The van der Waals surface area contributed by atoms with Gasteiger partial charge >= 0.3 is 6.18 Å². The molecule has 0 bridgehead atoms. The second-order valence-corrected chi connectivity index (χ2v) is 2.59. The van der Waals surface area contributed by atoms with E-state index in [4.69, 9.17) is 10.9 Å². The summed E-state index contributed by atoms with van der Waals surface area (Å²) in [6, 6.07) is 2.61. The molecule has 76 valence electrons. The number of halogens is 3. The molecule has 1 aromatic carbocycles. The molecule has 0 radical (unpaired) electrons. The van der Waals surface area contributed by atoms with Crippen molar-refractivity contribution in [3.05, 3.63) is 29.3 Å². The molecule has 0 aliphatic carbocycles. The lowest BCUT2D eigenvalue weighted by molar-refractivity contribution is -0.137. The molecule has 0 aromatic heterocycles. The molecule has 0 amide bonds. The van der Waals surface area contributed by atoms with Crippen LogP contribution >= 0.6 is 0 Å². The molecular formula is C8H7F3N2O. The van der Waals surface area contributed by atoms with Gasteiger partial charge in [-0.3, -0.25) is 0 Å². The summed E-state index contributed by atoms with van der Waals surface area (Å²) >= 11 is 0. The van der Waals surface area contributed by atoms with Gasteiger partial charge in [-0.2, -0.15) is 18.3 Å². The highest BCUT2D eigenvalue weighted by atomic mass is 19.4. The van der Waals surface area contributed by atoms with E-state index in [-0.39, 0.29) is 5.56 Å². The first-order chi connectivity index (χ1) is 6.43. The first kappa shape index (κ1) is 10.4. The molecule has 14 heavy (non-hydrogen) atoms. The Morgan fingerprint density at radius 1 is 1.29 bits per heavy atom. The Labute approximate surface area is 77.7 Å². The minimum Gasteiger partial charge on any atom is -0.508 e. The Morgan fingerprint density at radius 2 is 1.93 bits per heavy atom. The SMILES string of the molecule is NN=Cc1cc(O)cc(C(F)(F)F)c1. The molecule has 0 atom stereocenters. The molecule has 0 saturated carbocycles. The summed E-state index contributed by atoms with van der Waals surface area (Å²) in [6.45, 7) is 0. The lowest BCUT2D eigenvalue weighted by Gasteiger charge is -2.07. The number of nitrogens with two attached hydrogens (primary N) is 1. The third-order valence-electron chi connectivity index (χ3n) is 1.49. The standard InChI is InChI=1S/C8H7F3N2O/c9-8(10,11)6-1-5(4-13-12)2-7(14)3-6/h1-4,14H,12H2. The molecule has 0 heterocycles. The summed E-state index contributed by atoms with van der Waals surface area (Å²) < 4.78 is 36.6. The van der Waals surface area contributed by atoms with Gasteiger partial charge < -0.3 is 10.9 Å². The fourth-order valence-corrected chi connectivity index (χ4v) is 0.959. The predicted octanol–water partition coefficient (Wildman–Crippen LogP) is 1.70. The van der Waals surface area contributed by atoms with Crippen LogP contribution in [0.15, 0.2) is 23.3 Å². The van der Waals surface area contributed by atoms with Crippen LogP contribution in [0, 0.1) is 0 Å². The van der Waals surface area contributed by atoms with Gasteiger partial charge in [0.1, 0.15) is 5.75 Å². The van der Waals surface area contributed by atoms with Crippen molar-refractivity contribution in [1.82, 2.24) is 0 Å². The number of phenolic OH excluding ortho intramolecular Hbond substituents is 1. The molecule has 0 fully saturated rings. The van der Waals surface area contributed by atoms with Gasteiger partial charge in [0.2, 0.25) is 0 Å². The topological polar surface area (TPSA) is 58.6 Å². The maximum Gasteiger partial charge on any atom is 0.416 e. The quantitative estimate of drug-likeness (QED) is 0.415. The predicted molar refractivity (Wildman–Crippen MR) is 44.9 cm³/mol. The van der Waals surface area contributed by atoms with Crippen LogP contribution in [0.2, 0.25) is 0 Å². The molecule has 6 heteroatoms. The molecule has 1 rings (SSSR count). The van der Waals surface area contributed by atoms with Crippen LogP contribution in [0.25, 0.3) is 0 Å². The average molecular weight is 204 g/mol. The highest BCUT2D eigenvalue weighted by molar-refractivity contribution is 5.80. The highest BCUT2D eigenvalue weighted by Crippen LogP contribution is 2.31. The summed E-state index contributed by atoms with van der Waals surface area (Å²) in [6.07, 6.45) is -3.47. The van der Waals surface area contributed by atoms with Gasteiger partial charge in [0, 0.05) is 0 Å². The van der Waals surface area contributed by atoms with E-state index in [0.29, 0.717) is 6.07 Å². The normalized spacial score (nSPS) is 12.2. The molecule has 0 spiro atoms. The van der Waals surface area contributed by atoms with E-state index in [2.05, 4.69) is 5.10 Å². The Hall–Kier alpha value is -1.72. The number of hydrazone groups is 1. The van der Waals surface area contributed by atoms with Crippen molar-refractivity contribution < 1.29 is 18.3 Å². The Kier molecular flexibility index (Phi) is 2.64. The van der Waals surface area contributed by atoms with E-state index < -0.39 is 17.5 Å². The van der Waals surface area contributed by atoms with Gasteiger partial charge in [-0.1, -0.05) is 0 Å². The number of alkyl halides is 3. The first-order valence-corrected chi connectivity index (χ1v) is 3.58. The van der Waals surface area contributed by atoms with Gasteiger partial charge in [-0.15, -0.1) is 0 Å². The third-order valence-corrected chi connectivity index (χ3v) is 1.49. The molecule has 1 aromatic rings. The van der Waals surface area contributed by atoms with Crippen LogP contribution in [0.1, 0.15) is 11.1 Å². The Bertz CT molecular complexity index is 360. The molecule has 0 saturated heterocycles. The lowest BCUT2D eigenvalue weighted by Crippen LogP contribution is -2.05. The van der Waals surface area contributed by atoms with Gasteiger partial charge in [-0.25, -0.2) is 0 Å². The molecule has 0 aliphatic heterocycles. The number of phenols is 1. The van der Waals surface area contributed by atoms with E-state index in [9.17, 15) is 13.2 Å². The van der Waals surface area contributed by atoms with Crippen molar-refractivity contribution in [1.29, 1.82) is 0 Å². The summed E-state index contributed by atoms with van der Waals surface area (Å²) in [5.41, 5.74) is -0.841. The van der Waals surface area contributed by atoms with Crippen molar-refractivity contribution in [2.24, 2.45) is 10.9 Å². The number of rotatable bonds is 1. The summed E-state index contributed by atoms with van der Waals surface area (Å²) in [5, 5.41) is 12.0. The minimum atomic E-state index is -4.49. The fourth-order valence-electron chi connectivity index (χ4n) is 0.959. The molecule has 3 nitrogen and oxygen atoms in total. The largest absolute Gasteiger partial charge is 0.508 e. The Balaban J connectivity index is 3.20. The van der Waals surface area contributed by atoms with Crippen LogP contribution in [-0.4, -0.2) is 11.3 Å². The molecule has 3 N–H and O–H groups in total. The van der Waals surface area contributed by atoms with Gasteiger partial charge in [0.25, 0.3) is 0 Å². The van der Waals surface area contributed by atoms with Crippen LogP contribution in [0.3, 0.4) is 0 Å². The zero-order valence-corrected chi connectivity index (χ0v) is 6.92. The summed E-state index contributed by atoms with van der Waals surface area (Å²) in [4.78, 5) is 0. The third kappa shape index (κ3) is 2.38. The van der Waals surface area contributed by atoms with E-state index >= 15 is 0 Å². The average Bonchev–Trinajstić information content (AvgIpc) is 2.02. The van der Waals surface area contributed by atoms with Crippen molar-refractivity contribution in [2.75, 3.05) is 0 Å². The molecule has 0 unspecified atom stereocenters. The van der Waals surface area contributed by atoms with Crippen LogP contribution in [0.4, 0.5) is 13.2 Å². The zero-order valence-electron chi connectivity index (χ0n) is 6.92. The van der Waals surface area contributed by atoms with Gasteiger partial charge in [0.15, 0.2) is 0 Å². The van der Waals surface area contributed by atoms with Crippen molar-refractivity contribution >= 4 is 6.21 Å². The number of hydrogen-bond acceptors (Lipinski definition) is 3. The zero-order chi connectivity index (χ0) is 10.8. The van der Waals surface area contributed by atoms with E-state index in [1.54, 1.807) is 0 Å². The number of benzene rings is 1. The molecule has 0 aliphatic rings. The van der Waals surface area contributed by atoms with E-state index in [1.165, 1.54) is 0 Å². The van der Waals surface area contributed by atoms with Crippen LogP contribution in [-0.2, 0) is 6.18 Å². The highest BCUT2D eigenvalue weighted by Gasteiger charge is 2.31. The monoisotopic (exact) mass is 204 g/mol. The van der Waals surface area contributed by atoms with Crippen molar-refractivity contribution in [2.45, 2.75) is 6.18 Å². The van der Waals surface area contributed by atoms with E-state index in [0.717, 1.165) is 18.3 Å². The number of hydrogen-bond donors (Lipinski definition) is 2. The fraction of sp³-hybridized carbons (Fsp3) is 0.125. The first-order valence-electron chi connectivity index (χ1n) is 3.58. The molecular weight excluding hydrogens is 197 g/mol. The summed E-state index contributed by atoms with van der Waals surface area (Å²) in [5.74, 6) is 4.30. The van der Waals surface area contributed by atoms with Crippen LogP contribution in [0.5, 0.6) is 5.75 Å². The number of nitrogens with zero attached hydrogens (tertiary/aromatic N) is 1.